The zero-order valence-electron chi connectivity index (χ0n) is 25.8. The molecule has 6 rings (SSSR count). The molecule has 3 heterocycles. The second-order valence-corrected chi connectivity index (χ2v) is 11.3. The van der Waals surface area contributed by atoms with E-state index in [4.69, 9.17) is 14.8 Å². The van der Waals surface area contributed by atoms with Gasteiger partial charge in [-0.3, -0.25) is 14.2 Å². The van der Waals surface area contributed by atoms with Gasteiger partial charge in [0.1, 0.15) is 5.75 Å². The van der Waals surface area contributed by atoms with E-state index < -0.39 is 0 Å². The van der Waals surface area contributed by atoms with Crippen molar-refractivity contribution in [2.24, 2.45) is 14.1 Å². The summed E-state index contributed by atoms with van der Waals surface area (Å²) in [4.78, 5) is 24.3. The molecule has 1 aliphatic carbocycles. The monoisotopic (exact) mass is 591 g/mol. The Morgan fingerprint density at radius 3 is 2.70 bits per heavy atom. The van der Waals surface area contributed by atoms with Crippen molar-refractivity contribution in [2.45, 2.75) is 19.3 Å². The van der Waals surface area contributed by atoms with E-state index >= 15 is 0 Å². The molecular weight excluding hydrogens is 554 g/mol. The summed E-state index contributed by atoms with van der Waals surface area (Å²) in [5, 5.41) is 15.5. The van der Waals surface area contributed by atoms with Crippen molar-refractivity contribution in [3.63, 3.8) is 0 Å². The Kier molecular flexibility index (Phi) is 8.12. The number of aryl methyl sites for hydroxylation is 4. The van der Waals surface area contributed by atoms with Crippen molar-refractivity contribution < 1.29 is 9.53 Å². The van der Waals surface area contributed by atoms with Gasteiger partial charge in [0.25, 0.3) is 5.91 Å². The van der Waals surface area contributed by atoms with Gasteiger partial charge in [0.05, 0.1) is 36.1 Å². The normalized spacial score (nSPS) is 12.1. The summed E-state index contributed by atoms with van der Waals surface area (Å²) in [6.45, 7) is 1.32. The van der Waals surface area contributed by atoms with E-state index in [1.807, 2.05) is 67.1 Å². The maximum atomic E-state index is 12.7. The number of amides is 1. The molecule has 0 bridgehead atoms. The summed E-state index contributed by atoms with van der Waals surface area (Å²) in [7, 11) is 9.45. The van der Waals surface area contributed by atoms with Crippen LogP contribution in [0.1, 0.15) is 32.9 Å². The molecule has 0 saturated carbocycles. The van der Waals surface area contributed by atoms with Gasteiger partial charge in [-0.2, -0.15) is 10.2 Å². The number of rotatable bonds is 10. The third-order valence-electron chi connectivity index (χ3n) is 7.86. The minimum Gasteiger partial charge on any atom is -0.495 e. The number of hydrogen-bond acceptors (Lipinski definition) is 8. The second kappa shape index (κ2) is 12.3. The smallest absolute Gasteiger partial charge is 0.251 e. The van der Waals surface area contributed by atoms with Crippen LogP contribution >= 0.6 is 0 Å². The standard InChI is InChI=1S/C33H37N9O2/c1-40(2)14-13-34-32(43)23-9-11-26(29(17-23)44-5)37-33-35-18-24-10-12-27-30(31(24)38-33)28(42(4)39-27)16-21-7-6-8-22(15-21)25-19-36-41(3)20-25/h6-9,11,15,17-20H,10,12-14,16H2,1-5H3,(H,34,43)(H,35,37,38). The van der Waals surface area contributed by atoms with E-state index in [1.54, 1.807) is 19.2 Å². The summed E-state index contributed by atoms with van der Waals surface area (Å²) in [5.74, 6) is 0.832. The van der Waals surface area contributed by atoms with Crippen molar-refractivity contribution in [2.75, 3.05) is 39.6 Å². The molecule has 0 unspecified atom stereocenters. The molecule has 226 valence electrons. The van der Waals surface area contributed by atoms with Crippen LogP contribution in [-0.4, -0.2) is 74.6 Å². The van der Waals surface area contributed by atoms with Crippen LogP contribution < -0.4 is 15.4 Å². The first kappa shape index (κ1) is 29.1. The molecule has 11 heteroatoms. The predicted molar refractivity (Wildman–Crippen MR) is 170 cm³/mol. The maximum Gasteiger partial charge on any atom is 0.251 e. The first-order chi connectivity index (χ1) is 21.3. The van der Waals surface area contributed by atoms with Crippen LogP contribution in [0.5, 0.6) is 5.75 Å². The van der Waals surface area contributed by atoms with Gasteiger partial charge in [0.2, 0.25) is 5.95 Å². The van der Waals surface area contributed by atoms with Crippen molar-refractivity contribution in [1.29, 1.82) is 0 Å². The fourth-order valence-corrected chi connectivity index (χ4v) is 5.57. The number of benzene rings is 2. The number of anilines is 2. The molecule has 2 aromatic carbocycles. The molecule has 11 nitrogen and oxygen atoms in total. The van der Waals surface area contributed by atoms with Gasteiger partial charge >= 0.3 is 0 Å². The topological polar surface area (TPSA) is 115 Å². The van der Waals surface area contributed by atoms with Crippen LogP contribution in [0.2, 0.25) is 0 Å². The maximum absolute atomic E-state index is 12.7. The fourth-order valence-electron chi connectivity index (χ4n) is 5.57. The number of likely N-dealkylation sites (N-methyl/N-ethyl adjacent to an activating group) is 1. The molecule has 0 radical (unpaired) electrons. The lowest BCUT2D eigenvalue weighted by Gasteiger charge is -2.18. The molecule has 0 fully saturated rings. The van der Waals surface area contributed by atoms with Crippen LogP contribution in [0.25, 0.3) is 22.4 Å². The lowest BCUT2D eigenvalue weighted by molar-refractivity contribution is 0.0950. The third kappa shape index (κ3) is 6.04. The highest BCUT2D eigenvalue weighted by molar-refractivity contribution is 5.95. The van der Waals surface area contributed by atoms with Crippen LogP contribution in [0.15, 0.2) is 61.1 Å². The molecule has 0 saturated heterocycles. The van der Waals surface area contributed by atoms with Gasteiger partial charge in [-0.15, -0.1) is 0 Å². The predicted octanol–water partition coefficient (Wildman–Crippen LogP) is 4.01. The van der Waals surface area contributed by atoms with Crippen LogP contribution in [0.3, 0.4) is 0 Å². The molecule has 2 N–H and O–H groups in total. The lowest BCUT2D eigenvalue weighted by atomic mass is 9.91. The number of nitrogens with one attached hydrogen (secondary N) is 2. The Morgan fingerprint density at radius 2 is 1.93 bits per heavy atom. The molecule has 5 aromatic rings. The molecule has 0 atom stereocenters. The largest absolute Gasteiger partial charge is 0.495 e. The molecule has 1 amide bonds. The number of carbonyl (C=O) groups is 1. The van der Waals surface area contributed by atoms with Crippen LogP contribution in [0.4, 0.5) is 11.6 Å². The summed E-state index contributed by atoms with van der Waals surface area (Å²) in [6.07, 6.45) is 8.19. The zero-order chi connectivity index (χ0) is 30.8. The number of aromatic nitrogens is 6. The number of fused-ring (bicyclic) bond motifs is 3. The summed E-state index contributed by atoms with van der Waals surface area (Å²) in [5.41, 5.74) is 9.82. The lowest BCUT2D eigenvalue weighted by Crippen LogP contribution is -2.31. The third-order valence-corrected chi connectivity index (χ3v) is 7.86. The van der Waals surface area contributed by atoms with Gasteiger partial charge in [-0.1, -0.05) is 24.3 Å². The fraction of sp³-hybridized carbons (Fsp3) is 0.303. The first-order valence-electron chi connectivity index (χ1n) is 14.7. The Bertz CT molecular complexity index is 1820. The highest BCUT2D eigenvalue weighted by atomic mass is 16.5. The quantitative estimate of drug-likeness (QED) is 0.250. The van der Waals surface area contributed by atoms with Gasteiger partial charge in [0.15, 0.2) is 0 Å². The number of carbonyl (C=O) groups excluding carboxylic acids is 1. The zero-order valence-corrected chi connectivity index (χ0v) is 25.8. The summed E-state index contributed by atoms with van der Waals surface area (Å²) >= 11 is 0. The van der Waals surface area contributed by atoms with E-state index in [1.165, 1.54) is 5.56 Å². The van der Waals surface area contributed by atoms with Crippen LogP contribution in [-0.2, 0) is 33.4 Å². The van der Waals surface area contributed by atoms with E-state index in [0.29, 0.717) is 35.9 Å². The highest BCUT2D eigenvalue weighted by Gasteiger charge is 2.26. The molecular formula is C33H37N9O2. The van der Waals surface area contributed by atoms with E-state index in [0.717, 1.165) is 58.7 Å². The van der Waals surface area contributed by atoms with Crippen molar-refractivity contribution >= 4 is 17.5 Å². The van der Waals surface area contributed by atoms with Crippen molar-refractivity contribution in [3.8, 4) is 28.1 Å². The molecule has 1 aliphatic rings. The molecule has 0 aliphatic heterocycles. The minimum atomic E-state index is -0.149. The van der Waals surface area contributed by atoms with E-state index in [2.05, 4.69) is 45.0 Å². The number of hydrogen-bond donors (Lipinski definition) is 2. The Labute approximate surface area is 256 Å². The van der Waals surface area contributed by atoms with Gasteiger partial charge in [0, 0.05) is 62.7 Å². The summed E-state index contributed by atoms with van der Waals surface area (Å²) in [6, 6.07) is 13.9. The molecule has 44 heavy (non-hydrogen) atoms. The number of ether oxygens (including phenoxy) is 1. The van der Waals surface area contributed by atoms with Crippen molar-refractivity contribution in [1.82, 2.24) is 39.7 Å². The van der Waals surface area contributed by atoms with Gasteiger partial charge in [-0.05, 0) is 61.8 Å². The van der Waals surface area contributed by atoms with Crippen molar-refractivity contribution in [3.05, 3.63) is 89.1 Å². The minimum absolute atomic E-state index is 0.149. The average Bonchev–Trinajstić information content (AvgIpc) is 3.59. The molecule has 3 aromatic heterocycles. The first-order valence-corrected chi connectivity index (χ1v) is 14.7. The van der Waals surface area contributed by atoms with E-state index in [9.17, 15) is 4.79 Å². The number of nitrogens with zero attached hydrogens (tertiary/aromatic N) is 7. The Balaban J connectivity index is 1.27. The Hall–Kier alpha value is -5.03. The summed E-state index contributed by atoms with van der Waals surface area (Å²) < 4.78 is 9.43. The number of methoxy groups -OCH3 is 1. The average molecular weight is 592 g/mol. The Morgan fingerprint density at radius 1 is 1.07 bits per heavy atom. The molecule has 0 spiro atoms. The highest BCUT2D eigenvalue weighted by Crippen LogP contribution is 2.37. The SMILES string of the molecule is COc1cc(C(=O)NCCN(C)C)ccc1Nc1ncc2c(n1)-c1c(nn(C)c1Cc1cccc(-c3cnn(C)c3)c1)CC2. The van der Waals surface area contributed by atoms with E-state index in [-0.39, 0.29) is 5.91 Å². The van der Waals surface area contributed by atoms with Gasteiger partial charge < -0.3 is 20.3 Å². The van der Waals surface area contributed by atoms with Gasteiger partial charge in [-0.25, -0.2) is 9.97 Å². The second-order valence-electron chi connectivity index (χ2n) is 11.3. The van der Waals surface area contributed by atoms with Crippen LogP contribution in [0, 0.1) is 0 Å².